The molecule has 4 unspecified atom stereocenters. The van der Waals surface area contributed by atoms with Crippen LogP contribution in [0.4, 0.5) is 0 Å². The first-order valence-electron chi connectivity index (χ1n) is 7.10. The fourth-order valence-electron chi connectivity index (χ4n) is 3.45. The van der Waals surface area contributed by atoms with E-state index in [0.29, 0.717) is 0 Å². The number of hydrogen-bond acceptors (Lipinski definition) is 2. The Morgan fingerprint density at radius 3 is 2.56 bits per heavy atom. The summed E-state index contributed by atoms with van der Waals surface area (Å²) in [5.41, 5.74) is 0. The zero-order valence-electron chi connectivity index (χ0n) is 10.9. The fraction of sp³-hybridized carbons (Fsp3) is 1.00. The molecule has 2 aliphatic carbocycles. The molecule has 2 fully saturated rings. The lowest BCUT2D eigenvalue weighted by atomic mass is 9.84. The second-order valence-corrected chi connectivity index (χ2v) is 6.81. The van der Waals surface area contributed by atoms with E-state index in [2.05, 4.69) is 30.3 Å². The van der Waals surface area contributed by atoms with Gasteiger partial charge in [0.2, 0.25) is 0 Å². The van der Waals surface area contributed by atoms with Crippen LogP contribution in [-0.2, 0) is 0 Å². The summed E-state index contributed by atoms with van der Waals surface area (Å²) in [6.07, 6.45) is 13.7. The van der Waals surface area contributed by atoms with Crippen LogP contribution in [-0.4, -0.2) is 23.6 Å². The Morgan fingerprint density at radius 2 is 1.88 bits per heavy atom. The number of nitrogens with one attached hydrogen (secondary N) is 1. The zero-order chi connectivity index (χ0) is 11.4. The van der Waals surface area contributed by atoms with Crippen molar-refractivity contribution in [1.29, 1.82) is 0 Å². The van der Waals surface area contributed by atoms with Crippen LogP contribution in [0.3, 0.4) is 0 Å². The zero-order valence-corrected chi connectivity index (χ0v) is 11.7. The average Bonchev–Trinajstić information content (AvgIpc) is 2.77. The van der Waals surface area contributed by atoms with Gasteiger partial charge in [-0.25, -0.2) is 0 Å². The van der Waals surface area contributed by atoms with Crippen molar-refractivity contribution in [2.24, 2.45) is 5.92 Å². The summed E-state index contributed by atoms with van der Waals surface area (Å²) in [6, 6.07) is 1.67. The summed E-state index contributed by atoms with van der Waals surface area (Å²) >= 11 is 2.06. The maximum atomic E-state index is 3.93. The molecule has 16 heavy (non-hydrogen) atoms. The van der Waals surface area contributed by atoms with Gasteiger partial charge in [-0.05, 0) is 44.3 Å². The van der Waals surface area contributed by atoms with Crippen LogP contribution in [0.25, 0.3) is 0 Å². The molecule has 0 aromatic heterocycles. The Bertz CT molecular complexity index is 207. The molecule has 4 atom stereocenters. The molecule has 0 radical (unpaired) electrons. The second kappa shape index (κ2) is 6.30. The van der Waals surface area contributed by atoms with E-state index in [-0.39, 0.29) is 0 Å². The van der Waals surface area contributed by atoms with Crippen molar-refractivity contribution in [2.45, 2.75) is 75.6 Å². The lowest BCUT2D eigenvalue weighted by molar-refractivity contribution is 0.262. The van der Waals surface area contributed by atoms with Crippen molar-refractivity contribution < 1.29 is 0 Å². The van der Waals surface area contributed by atoms with Gasteiger partial charge in [0.1, 0.15) is 0 Å². The summed E-state index contributed by atoms with van der Waals surface area (Å²) in [5.74, 6) is 1.00. The van der Waals surface area contributed by atoms with Crippen molar-refractivity contribution in [1.82, 2.24) is 5.32 Å². The summed E-state index contributed by atoms with van der Waals surface area (Å²) in [6.45, 7) is 2.35. The van der Waals surface area contributed by atoms with E-state index in [4.69, 9.17) is 0 Å². The van der Waals surface area contributed by atoms with Crippen molar-refractivity contribution in [3.63, 3.8) is 0 Å². The molecule has 2 aliphatic rings. The Labute approximate surface area is 105 Å². The van der Waals surface area contributed by atoms with E-state index in [1.54, 1.807) is 0 Å². The largest absolute Gasteiger partial charge is 0.311 e. The van der Waals surface area contributed by atoms with Crippen LogP contribution in [0.5, 0.6) is 0 Å². The first kappa shape index (κ1) is 12.8. The van der Waals surface area contributed by atoms with Gasteiger partial charge in [-0.1, -0.05) is 26.2 Å². The Balaban J connectivity index is 1.73. The number of hydrogen-bond donors (Lipinski definition) is 1. The third-order valence-electron chi connectivity index (χ3n) is 4.55. The molecular formula is C14H27NS. The van der Waals surface area contributed by atoms with Crippen LogP contribution in [0, 0.1) is 5.92 Å². The third-order valence-corrected chi connectivity index (χ3v) is 5.64. The summed E-state index contributed by atoms with van der Waals surface area (Å²) in [4.78, 5) is 0. The van der Waals surface area contributed by atoms with Crippen LogP contribution in [0.2, 0.25) is 0 Å². The highest BCUT2D eigenvalue weighted by Crippen LogP contribution is 2.31. The van der Waals surface area contributed by atoms with E-state index in [9.17, 15) is 0 Å². The highest BCUT2D eigenvalue weighted by molar-refractivity contribution is 7.99. The lowest BCUT2D eigenvalue weighted by Gasteiger charge is -2.31. The SMILES string of the molecule is CCC1CCCC(NC2CCC(SC)C2)C1. The highest BCUT2D eigenvalue weighted by Gasteiger charge is 2.28. The van der Waals surface area contributed by atoms with E-state index in [1.165, 1.54) is 51.4 Å². The minimum absolute atomic E-state index is 0.832. The van der Waals surface area contributed by atoms with Gasteiger partial charge >= 0.3 is 0 Å². The maximum Gasteiger partial charge on any atom is 0.00805 e. The van der Waals surface area contributed by atoms with Gasteiger partial charge in [-0.15, -0.1) is 0 Å². The number of thioether (sulfide) groups is 1. The van der Waals surface area contributed by atoms with Gasteiger partial charge in [-0.3, -0.25) is 0 Å². The first-order valence-corrected chi connectivity index (χ1v) is 8.39. The minimum Gasteiger partial charge on any atom is -0.311 e. The van der Waals surface area contributed by atoms with E-state index in [0.717, 1.165) is 23.3 Å². The molecule has 94 valence electrons. The van der Waals surface area contributed by atoms with Crippen LogP contribution in [0.15, 0.2) is 0 Å². The Hall–Kier alpha value is 0.310. The second-order valence-electron chi connectivity index (χ2n) is 5.67. The Morgan fingerprint density at radius 1 is 1.06 bits per heavy atom. The maximum absolute atomic E-state index is 3.93. The average molecular weight is 241 g/mol. The van der Waals surface area contributed by atoms with Gasteiger partial charge in [0.25, 0.3) is 0 Å². The molecule has 0 saturated heterocycles. The molecule has 0 spiro atoms. The smallest absolute Gasteiger partial charge is 0.00805 e. The van der Waals surface area contributed by atoms with Gasteiger partial charge in [0.15, 0.2) is 0 Å². The predicted molar refractivity (Wildman–Crippen MR) is 74.1 cm³/mol. The topological polar surface area (TPSA) is 12.0 Å². The van der Waals surface area contributed by atoms with Crippen LogP contribution >= 0.6 is 11.8 Å². The van der Waals surface area contributed by atoms with Gasteiger partial charge in [0.05, 0.1) is 0 Å². The van der Waals surface area contributed by atoms with Crippen LogP contribution < -0.4 is 5.32 Å². The van der Waals surface area contributed by atoms with E-state index < -0.39 is 0 Å². The molecule has 2 saturated carbocycles. The summed E-state index contributed by atoms with van der Waals surface area (Å²) < 4.78 is 0. The van der Waals surface area contributed by atoms with Crippen molar-refractivity contribution >= 4 is 11.8 Å². The standard InChI is InChI=1S/C14H27NS/c1-3-11-5-4-6-12(9-11)15-13-7-8-14(10-13)16-2/h11-15H,3-10H2,1-2H3. The molecule has 0 aromatic rings. The van der Waals surface area contributed by atoms with Gasteiger partial charge < -0.3 is 5.32 Å². The third kappa shape index (κ3) is 3.40. The fourth-order valence-corrected chi connectivity index (χ4v) is 4.25. The first-order chi connectivity index (χ1) is 7.81. The molecule has 0 bridgehead atoms. The quantitative estimate of drug-likeness (QED) is 0.803. The normalized spacial score (nSPS) is 40.1. The van der Waals surface area contributed by atoms with Crippen molar-refractivity contribution in [3.8, 4) is 0 Å². The highest BCUT2D eigenvalue weighted by atomic mass is 32.2. The van der Waals surface area contributed by atoms with Crippen molar-refractivity contribution in [3.05, 3.63) is 0 Å². The number of rotatable bonds is 4. The monoisotopic (exact) mass is 241 g/mol. The van der Waals surface area contributed by atoms with Gasteiger partial charge in [0, 0.05) is 17.3 Å². The Kier molecular flexibility index (Phi) is 5.02. The van der Waals surface area contributed by atoms with E-state index >= 15 is 0 Å². The van der Waals surface area contributed by atoms with E-state index in [1.807, 2.05) is 0 Å². The molecular weight excluding hydrogens is 214 g/mol. The molecule has 0 amide bonds. The van der Waals surface area contributed by atoms with Crippen LogP contribution in [0.1, 0.15) is 58.3 Å². The molecule has 0 heterocycles. The molecule has 0 aromatic carbocycles. The van der Waals surface area contributed by atoms with Gasteiger partial charge in [-0.2, -0.15) is 11.8 Å². The summed E-state index contributed by atoms with van der Waals surface area (Å²) in [5, 5.41) is 4.87. The minimum atomic E-state index is 0.832. The van der Waals surface area contributed by atoms with Crippen molar-refractivity contribution in [2.75, 3.05) is 6.26 Å². The molecule has 0 aliphatic heterocycles. The lowest BCUT2D eigenvalue weighted by Crippen LogP contribution is -2.40. The summed E-state index contributed by atoms with van der Waals surface area (Å²) in [7, 11) is 0. The predicted octanol–water partition coefficient (Wildman–Crippen LogP) is 3.83. The molecule has 2 rings (SSSR count). The molecule has 1 N–H and O–H groups in total. The molecule has 2 heteroatoms. The molecule has 1 nitrogen and oxygen atoms in total.